The minimum absolute atomic E-state index is 0.0277. The molecule has 0 radical (unpaired) electrons. The van der Waals surface area contributed by atoms with Gasteiger partial charge in [0.05, 0.1) is 24.5 Å². The summed E-state index contributed by atoms with van der Waals surface area (Å²) >= 11 is 0. The van der Waals surface area contributed by atoms with Gasteiger partial charge in [0.1, 0.15) is 0 Å². The number of hydrogen-bond acceptors (Lipinski definition) is 5. The second-order valence-electron chi connectivity index (χ2n) is 11.5. The summed E-state index contributed by atoms with van der Waals surface area (Å²) in [6, 6.07) is 18.9. The Balaban J connectivity index is 1.65. The maximum atomic E-state index is 12.9. The molecule has 0 aromatic heterocycles. The van der Waals surface area contributed by atoms with E-state index in [1.807, 2.05) is 74.5 Å². The Morgan fingerprint density at radius 1 is 1.00 bits per heavy atom. The largest absolute Gasteiger partial charge is 0.452 e. The van der Waals surface area contributed by atoms with Gasteiger partial charge in [0.15, 0.2) is 14.4 Å². The predicted molar refractivity (Wildman–Crippen MR) is 144 cm³/mol. The van der Waals surface area contributed by atoms with Crippen LogP contribution >= 0.6 is 0 Å². The Bertz CT molecular complexity index is 981. The first-order valence-electron chi connectivity index (χ1n) is 12.8. The quantitative estimate of drug-likeness (QED) is 0.259. The van der Waals surface area contributed by atoms with E-state index in [2.05, 4.69) is 39.2 Å². The van der Waals surface area contributed by atoms with Gasteiger partial charge in [0.2, 0.25) is 5.91 Å². The number of amides is 1. The number of aliphatic hydroxyl groups excluding tert-OH is 1. The minimum atomic E-state index is -2.06. The lowest BCUT2D eigenvalue weighted by atomic mass is 9.76. The number of carbonyl (C=O) groups excluding carboxylic acids is 2. The summed E-state index contributed by atoms with van der Waals surface area (Å²) in [6.45, 7) is 14.6. The first-order valence-corrected chi connectivity index (χ1v) is 15.7. The van der Waals surface area contributed by atoms with Crippen molar-refractivity contribution in [3.05, 3.63) is 71.8 Å². The Morgan fingerprint density at radius 3 is 1.94 bits per heavy atom. The van der Waals surface area contributed by atoms with E-state index < -0.39 is 26.5 Å². The molecule has 1 aliphatic heterocycles. The van der Waals surface area contributed by atoms with Crippen LogP contribution in [0.3, 0.4) is 0 Å². The molecule has 1 heterocycles. The summed E-state index contributed by atoms with van der Waals surface area (Å²) < 4.78 is 12.3. The molecule has 196 valence electrons. The highest BCUT2D eigenvalue weighted by molar-refractivity contribution is 6.74. The molecule has 7 heteroatoms. The Kier molecular flexibility index (Phi) is 8.80. The highest BCUT2D eigenvalue weighted by Crippen LogP contribution is 2.40. The second-order valence-corrected chi connectivity index (χ2v) is 16.2. The summed E-state index contributed by atoms with van der Waals surface area (Å²) in [5, 5.41) is 13.9. The normalized spacial score (nSPS) is 20.8. The van der Waals surface area contributed by atoms with E-state index >= 15 is 0 Å². The molecule has 0 unspecified atom stereocenters. The maximum absolute atomic E-state index is 12.9. The zero-order chi connectivity index (χ0) is 26.7. The van der Waals surface area contributed by atoms with E-state index in [-0.39, 0.29) is 41.3 Å². The summed E-state index contributed by atoms with van der Waals surface area (Å²) in [5.41, 5.74) is 1.73. The van der Waals surface area contributed by atoms with Gasteiger partial charge in [-0.1, -0.05) is 88.4 Å². The molecule has 3 rings (SSSR count). The van der Waals surface area contributed by atoms with Crippen LogP contribution in [0.4, 0.5) is 0 Å². The van der Waals surface area contributed by atoms with Crippen molar-refractivity contribution in [2.45, 2.75) is 83.5 Å². The number of esters is 1. The number of carbonyl (C=O) groups is 2. The van der Waals surface area contributed by atoms with Crippen LogP contribution in [0.2, 0.25) is 18.1 Å². The third kappa shape index (κ3) is 6.44. The predicted octanol–water partition coefficient (Wildman–Crippen LogP) is 5.23. The second kappa shape index (κ2) is 11.3. The van der Waals surface area contributed by atoms with Crippen molar-refractivity contribution in [2.75, 3.05) is 0 Å². The van der Waals surface area contributed by atoms with Crippen molar-refractivity contribution in [1.29, 1.82) is 0 Å². The Hall–Kier alpha value is -2.48. The Labute approximate surface area is 216 Å². The van der Waals surface area contributed by atoms with Crippen molar-refractivity contribution >= 4 is 20.2 Å². The highest BCUT2D eigenvalue weighted by atomic mass is 28.4. The molecule has 0 saturated carbocycles. The standard InChI is InChI=1S/C29H41NO5Si/c1-19(26-25(28(33)30-26)20(2)35-36(6,7)29(3,4)5)23(31)18-24(32)34-27(21-14-10-8-11-15-21)22-16-12-9-13-17-22/h8-17,19-20,23,25-27,31H,18H2,1-7H3,(H,30,33)/t19-,20+,23+,25+,26+/m0/s1. The fourth-order valence-corrected chi connectivity index (χ4v) is 5.88. The summed E-state index contributed by atoms with van der Waals surface area (Å²) in [5.74, 6) is -1.25. The molecule has 5 atom stereocenters. The van der Waals surface area contributed by atoms with Gasteiger partial charge in [-0.15, -0.1) is 0 Å². The molecule has 0 spiro atoms. The molecule has 1 saturated heterocycles. The number of aliphatic hydroxyl groups is 1. The van der Waals surface area contributed by atoms with Crippen molar-refractivity contribution in [3.8, 4) is 0 Å². The maximum Gasteiger partial charge on any atom is 0.309 e. The fourth-order valence-electron chi connectivity index (χ4n) is 4.46. The molecule has 2 aromatic rings. The number of nitrogens with one attached hydrogen (secondary N) is 1. The number of ether oxygens (including phenoxy) is 1. The van der Waals surface area contributed by atoms with Crippen molar-refractivity contribution < 1.29 is 23.9 Å². The van der Waals surface area contributed by atoms with E-state index in [1.165, 1.54) is 0 Å². The van der Waals surface area contributed by atoms with Crippen LogP contribution in [0.5, 0.6) is 0 Å². The van der Waals surface area contributed by atoms with Crippen LogP contribution in [-0.2, 0) is 18.8 Å². The SMILES string of the molecule is C[C@H]([C@H]1NC(=O)[C@@H]1[C@@H](C)O[Si](C)(C)C(C)(C)C)[C@H](O)CC(=O)OC(c1ccccc1)c1ccccc1. The molecule has 36 heavy (non-hydrogen) atoms. The lowest BCUT2D eigenvalue weighted by Gasteiger charge is -2.47. The number of benzene rings is 2. The monoisotopic (exact) mass is 511 g/mol. The number of β-lactam (4-membered cyclic amide) rings is 1. The molecule has 1 aliphatic rings. The molecule has 2 aromatic carbocycles. The van der Waals surface area contributed by atoms with E-state index in [0.717, 1.165) is 11.1 Å². The zero-order valence-electron chi connectivity index (χ0n) is 22.5. The van der Waals surface area contributed by atoms with E-state index in [0.29, 0.717) is 0 Å². The van der Waals surface area contributed by atoms with Crippen LogP contribution in [-0.4, -0.2) is 43.6 Å². The van der Waals surface area contributed by atoms with Gasteiger partial charge in [-0.05, 0) is 36.2 Å². The molecule has 1 fully saturated rings. The average Bonchev–Trinajstić information content (AvgIpc) is 2.80. The summed E-state index contributed by atoms with van der Waals surface area (Å²) in [7, 11) is -2.06. The molecule has 0 bridgehead atoms. The molecule has 1 amide bonds. The van der Waals surface area contributed by atoms with Gasteiger partial charge >= 0.3 is 5.97 Å². The topological polar surface area (TPSA) is 84.9 Å². The average molecular weight is 512 g/mol. The lowest BCUT2D eigenvalue weighted by Crippen LogP contribution is -2.67. The van der Waals surface area contributed by atoms with Crippen molar-refractivity contribution in [3.63, 3.8) is 0 Å². The zero-order valence-corrected chi connectivity index (χ0v) is 23.5. The van der Waals surface area contributed by atoms with Gasteiger partial charge in [0.25, 0.3) is 0 Å². The van der Waals surface area contributed by atoms with Gasteiger partial charge in [-0.25, -0.2) is 0 Å². The van der Waals surface area contributed by atoms with Gasteiger partial charge in [-0.2, -0.15) is 0 Å². The van der Waals surface area contributed by atoms with Gasteiger partial charge < -0.3 is 19.6 Å². The van der Waals surface area contributed by atoms with Crippen molar-refractivity contribution in [1.82, 2.24) is 5.32 Å². The van der Waals surface area contributed by atoms with Gasteiger partial charge in [0, 0.05) is 12.0 Å². The van der Waals surface area contributed by atoms with E-state index in [4.69, 9.17) is 9.16 Å². The third-order valence-corrected chi connectivity index (χ3v) is 12.4. The van der Waals surface area contributed by atoms with Crippen LogP contribution in [0, 0.1) is 11.8 Å². The molecule has 6 nitrogen and oxygen atoms in total. The van der Waals surface area contributed by atoms with Crippen LogP contribution in [0.25, 0.3) is 0 Å². The first-order chi connectivity index (χ1) is 16.8. The Morgan fingerprint density at radius 2 is 1.50 bits per heavy atom. The fraction of sp³-hybridized carbons (Fsp3) is 0.517. The number of rotatable bonds is 10. The van der Waals surface area contributed by atoms with E-state index in [9.17, 15) is 14.7 Å². The minimum Gasteiger partial charge on any atom is -0.452 e. The van der Waals surface area contributed by atoms with Crippen LogP contribution in [0.1, 0.15) is 58.3 Å². The van der Waals surface area contributed by atoms with Gasteiger partial charge in [-0.3, -0.25) is 9.59 Å². The first kappa shape index (κ1) is 28.1. The van der Waals surface area contributed by atoms with Crippen LogP contribution < -0.4 is 5.32 Å². The van der Waals surface area contributed by atoms with E-state index in [1.54, 1.807) is 0 Å². The van der Waals surface area contributed by atoms with Crippen molar-refractivity contribution in [2.24, 2.45) is 11.8 Å². The summed E-state index contributed by atoms with van der Waals surface area (Å²) in [6.07, 6.45) is -1.95. The molecule has 2 N–H and O–H groups in total. The molecular weight excluding hydrogens is 470 g/mol. The summed E-state index contributed by atoms with van der Waals surface area (Å²) in [4.78, 5) is 25.4. The van der Waals surface area contributed by atoms with Crippen LogP contribution in [0.15, 0.2) is 60.7 Å². The number of hydrogen-bond donors (Lipinski definition) is 2. The molecule has 0 aliphatic carbocycles. The lowest BCUT2D eigenvalue weighted by molar-refractivity contribution is -0.152. The third-order valence-electron chi connectivity index (χ3n) is 7.79. The molecular formula is C29H41NO5Si. The highest BCUT2D eigenvalue weighted by Gasteiger charge is 2.50. The smallest absolute Gasteiger partial charge is 0.309 e.